The quantitative estimate of drug-likeness (QED) is 0.576. The van der Waals surface area contributed by atoms with Crippen LogP contribution in [0.5, 0.6) is 0 Å². The molecule has 0 fully saturated rings. The van der Waals surface area contributed by atoms with Crippen LogP contribution in [0.4, 0.5) is 11.5 Å². The molecule has 0 aliphatic heterocycles. The summed E-state index contributed by atoms with van der Waals surface area (Å²) in [5.74, 6) is 1.17. The summed E-state index contributed by atoms with van der Waals surface area (Å²) in [6.45, 7) is 0. The monoisotopic (exact) mass is 302 g/mol. The Labute approximate surface area is 122 Å². The molecule has 1 N–H and O–H groups in total. The molecule has 0 saturated carbocycles. The van der Waals surface area contributed by atoms with E-state index < -0.39 is 0 Å². The molecular formula is C12H7ClN6S. The Morgan fingerprint density at radius 2 is 2.15 bits per heavy atom. The number of rotatable bonds is 2. The normalized spacial score (nSPS) is 11.2. The van der Waals surface area contributed by atoms with Gasteiger partial charge in [-0.2, -0.15) is 19.6 Å². The molecule has 0 radical (unpaired) electrons. The lowest BCUT2D eigenvalue weighted by Crippen LogP contribution is -2.01. The standard InChI is InChI=1S/C12H7ClN6S/c13-10-4-11(19-12(18-10)14-5-16-19)17-7-1-2-8-9(3-7)20-6-15-8/h1-6,17H. The van der Waals surface area contributed by atoms with Gasteiger partial charge in [0.05, 0.1) is 15.7 Å². The fourth-order valence-corrected chi connectivity index (χ4v) is 2.85. The van der Waals surface area contributed by atoms with Gasteiger partial charge in [0.15, 0.2) is 0 Å². The van der Waals surface area contributed by atoms with E-state index in [0.29, 0.717) is 16.7 Å². The molecule has 3 heterocycles. The molecule has 98 valence electrons. The van der Waals surface area contributed by atoms with Gasteiger partial charge in [0.25, 0.3) is 5.78 Å². The minimum absolute atomic E-state index is 0.367. The number of fused-ring (bicyclic) bond motifs is 2. The van der Waals surface area contributed by atoms with Crippen molar-refractivity contribution in [2.45, 2.75) is 0 Å². The first-order valence-corrected chi connectivity index (χ1v) is 7.02. The van der Waals surface area contributed by atoms with Gasteiger partial charge in [0.2, 0.25) is 0 Å². The van der Waals surface area contributed by atoms with E-state index in [9.17, 15) is 0 Å². The molecule has 8 heteroatoms. The number of benzene rings is 1. The van der Waals surface area contributed by atoms with Crippen molar-refractivity contribution in [2.24, 2.45) is 0 Å². The van der Waals surface area contributed by atoms with Crippen LogP contribution in [0.3, 0.4) is 0 Å². The third-order valence-electron chi connectivity index (χ3n) is 2.82. The summed E-state index contributed by atoms with van der Waals surface area (Å²) in [7, 11) is 0. The second-order valence-electron chi connectivity index (χ2n) is 4.10. The third kappa shape index (κ3) is 1.87. The number of thiazole rings is 1. The highest BCUT2D eigenvalue weighted by molar-refractivity contribution is 7.16. The van der Waals surface area contributed by atoms with Crippen LogP contribution in [0.15, 0.2) is 36.1 Å². The largest absolute Gasteiger partial charge is 0.340 e. The van der Waals surface area contributed by atoms with Crippen molar-refractivity contribution < 1.29 is 0 Å². The summed E-state index contributed by atoms with van der Waals surface area (Å²) in [5, 5.41) is 7.76. The third-order valence-corrected chi connectivity index (χ3v) is 3.81. The topological polar surface area (TPSA) is 68.0 Å². The van der Waals surface area contributed by atoms with E-state index in [1.165, 1.54) is 6.33 Å². The first-order chi connectivity index (χ1) is 9.79. The highest BCUT2D eigenvalue weighted by Crippen LogP contribution is 2.25. The van der Waals surface area contributed by atoms with E-state index >= 15 is 0 Å². The molecule has 0 atom stereocenters. The molecule has 0 spiro atoms. The number of aromatic nitrogens is 5. The Hall–Kier alpha value is -2.25. The Morgan fingerprint density at radius 3 is 3.10 bits per heavy atom. The highest BCUT2D eigenvalue weighted by atomic mass is 35.5. The minimum atomic E-state index is 0.367. The Bertz CT molecular complexity index is 915. The van der Waals surface area contributed by atoms with Crippen LogP contribution in [-0.4, -0.2) is 24.6 Å². The van der Waals surface area contributed by atoms with Crippen LogP contribution in [0.25, 0.3) is 16.0 Å². The molecular weight excluding hydrogens is 296 g/mol. The van der Waals surface area contributed by atoms with E-state index in [4.69, 9.17) is 11.6 Å². The highest BCUT2D eigenvalue weighted by Gasteiger charge is 2.07. The summed E-state index contributed by atoms with van der Waals surface area (Å²) in [6, 6.07) is 7.67. The first kappa shape index (κ1) is 11.6. The summed E-state index contributed by atoms with van der Waals surface area (Å²) in [5.41, 5.74) is 3.74. The molecule has 4 aromatic rings. The van der Waals surface area contributed by atoms with Crippen molar-refractivity contribution in [1.29, 1.82) is 0 Å². The Balaban J connectivity index is 1.81. The van der Waals surface area contributed by atoms with Gasteiger partial charge in [-0.3, -0.25) is 0 Å². The van der Waals surface area contributed by atoms with Gasteiger partial charge in [0, 0.05) is 11.8 Å². The zero-order chi connectivity index (χ0) is 13.5. The van der Waals surface area contributed by atoms with Gasteiger partial charge in [-0.15, -0.1) is 11.3 Å². The van der Waals surface area contributed by atoms with E-state index in [1.54, 1.807) is 21.9 Å². The molecule has 6 nitrogen and oxygen atoms in total. The maximum absolute atomic E-state index is 5.98. The van der Waals surface area contributed by atoms with Crippen LogP contribution in [0, 0.1) is 0 Å². The average Bonchev–Trinajstić information content (AvgIpc) is 3.05. The van der Waals surface area contributed by atoms with Crippen molar-refractivity contribution in [2.75, 3.05) is 5.32 Å². The molecule has 0 saturated heterocycles. The number of hydrogen-bond acceptors (Lipinski definition) is 6. The van der Waals surface area contributed by atoms with Crippen molar-refractivity contribution >= 4 is 50.4 Å². The molecule has 0 aliphatic rings. The van der Waals surface area contributed by atoms with Gasteiger partial charge < -0.3 is 5.32 Å². The van der Waals surface area contributed by atoms with Gasteiger partial charge in [-0.05, 0) is 18.2 Å². The summed E-state index contributed by atoms with van der Waals surface area (Å²) in [4.78, 5) is 12.4. The van der Waals surface area contributed by atoms with Gasteiger partial charge in [-0.1, -0.05) is 11.6 Å². The molecule has 4 rings (SSSR count). The predicted octanol–water partition coefficient (Wildman–Crippen LogP) is 3.13. The fraction of sp³-hybridized carbons (Fsp3) is 0. The minimum Gasteiger partial charge on any atom is -0.340 e. The zero-order valence-electron chi connectivity index (χ0n) is 9.99. The van der Waals surface area contributed by atoms with E-state index in [1.807, 2.05) is 23.7 Å². The van der Waals surface area contributed by atoms with Gasteiger partial charge in [0.1, 0.15) is 17.3 Å². The average molecular weight is 303 g/mol. The molecule has 20 heavy (non-hydrogen) atoms. The predicted molar refractivity (Wildman–Crippen MR) is 78.7 cm³/mol. The lowest BCUT2D eigenvalue weighted by atomic mass is 10.3. The second kappa shape index (κ2) is 4.39. The maximum Gasteiger partial charge on any atom is 0.255 e. The van der Waals surface area contributed by atoms with E-state index in [-0.39, 0.29) is 0 Å². The number of anilines is 2. The number of nitrogens with one attached hydrogen (secondary N) is 1. The van der Waals surface area contributed by atoms with Crippen molar-refractivity contribution in [3.63, 3.8) is 0 Å². The molecule has 0 amide bonds. The summed E-state index contributed by atoms with van der Waals surface area (Å²) < 4.78 is 2.72. The van der Waals surface area contributed by atoms with Crippen LogP contribution in [0.1, 0.15) is 0 Å². The van der Waals surface area contributed by atoms with E-state index in [0.717, 1.165) is 15.9 Å². The Morgan fingerprint density at radius 1 is 1.20 bits per heavy atom. The molecule has 0 aliphatic carbocycles. The van der Waals surface area contributed by atoms with Crippen LogP contribution < -0.4 is 5.32 Å². The zero-order valence-corrected chi connectivity index (χ0v) is 11.6. The smallest absolute Gasteiger partial charge is 0.255 e. The lowest BCUT2D eigenvalue weighted by molar-refractivity contribution is 0.947. The summed E-state index contributed by atoms with van der Waals surface area (Å²) in [6.07, 6.45) is 1.44. The van der Waals surface area contributed by atoms with Crippen LogP contribution in [-0.2, 0) is 0 Å². The molecule has 0 unspecified atom stereocenters. The van der Waals surface area contributed by atoms with Crippen molar-refractivity contribution in [1.82, 2.24) is 24.6 Å². The number of hydrogen-bond donors (Lipinski definition) is 1. The maximum atomic E-state index is 5.98. The van der Waals surface area contributed by atoms with Gasteiger partial charge >= 0.3 is 0 Å². The molecule has 0 bridgehead atoms. The fourth-order valence-electron chi connectivity index (χ4n) is 1.95. The summed E-state index contributed by atoms with van der Waals surface area (Å²) >= 11 is 7.58. The van der Waals surface area contributed by atoms with Crippen molar-refractivity contribution in [3.05, 3.63) is 41.3 Å². The van der Waals surface area contributed by atoms with E-state index in [2.05, 4.69) is 25.4 Å². The van der Waals surface area contributed by atoms with Crippen LogP contribution in [0.2, 0.25) is 5.15 Å². The lowest BCUT2D eigenvalue weighted by Gasteiger charge is -2.08. The SMILES string of the molecule is Clc1cc(Nc2ccc3ncsc3c2)n2ncnc2n1. The Kier molecular flexibility index (Phi) is 2.54. The number of halogens is 1. The second-order valence-corrected chi connectivity index (χ2v) is 5.37. The van der Waals surface area contributed by atoms with Crippen LogP contribution >= 0.6 is 22.9 Å². The molecule has 1 aromatic carbocycles. The number of nitrogens with zero attached hydrogens (tertiary/aromatic N) is 5. The molecule has 3 aromatic heterocycles. The first-order valence-electron chi connectivity index (χ1n) is 5.76. The van der Waals surface area contributed by atoms with Crippen molar-refractivity contribution in [3.8, 4) is 0 Å². The van der Waals surface area contributed by atoms with Gasteiger partial charge in [-0.25, -0.2) is 4.98 Å².